The van der Waals surface area contributed by atoms with Crippen molar-refractivity contribution >= 4 is 11.2 Å². The van der Waals surface area contributed by atoms with Crippen LogP contribution in [0.15, 0.2) is 40.9 Å². The van der Waals surface area contributed by atoms with Crippen LogP contribution in [-0.2, 0) is 5.41 Å². The number of aromatic nitrogens is 2. The Balaban J connectivity index is 2.16. The van der Waals surface area contributed by atoms with E-state index in [9.17, 15) is 0 Å². The molecule has 0 bridgehead atoms. The molecule has 2 heterocycles. The molecule has 2 aromatic heterocycles. The number of hydrogen-bond donors (Lipinski definition) is 0. The van der Waals surface area contributed by atoms with Gasteiger partial charge in [0.05, 0.1) is 7.11 Å². The summed E-state index contributed by atoms with van der Waals surface area (Å²) in [6.07, 6.45) is 1.71. The van der Waals surface area contributed by atoms with Gasteiger partial charge in [0.1, 0.15) is 5.75 Å². The second-order valence-corrected chi connectivity index (χ2v) is 6.04. The highest BCUT2D eigenvalue weighted by Crippen LogP contribution is 2.32. The Kier molecular flexibility index (Phi) is 3.16. The van der Waals surface area contributed by atoms with E-state index in [2.05, 4.69) is 36.8 Å². The summed E-state index contributed by atoms with van der Waals surface area (Å²) in [5.74, 6) is 1.36. The summed E-state index contributed by atoms with van der Waals surface area (Å²) in [6, 6.07) is 9.77. The van der Waals surface area contributed by atoms with Crippen LogP contribution in [0.2, 0.25) is 0 Å². The van der Waals surface area contributed by atoms with Gasteiger partial charge >= 0.3 is 0 Å². The topological polar surface area (TPSA) is 48.2 Å². The number of rotatable bonds is 2. The van der Waals surface area contributed by atoms with Crippen LogP contribution < -0.4 is 4.74 Å². The zero-order valence-corrected chi connectivity index (χ0v) is 12.7. The minimum atomic E-state index is 0.0214. The van der Waals surface area contributed by atoms with E-state index in [1.54, 1.807) is 13.3 Å². The molecule has 0 fully saturated rings. The van der Waals surface area contributed by atoms with E-state index in [4.69, 9.17) is 9.15 Å². The van der Waals surface area contributed by atoms with E-state index in [0.717, 1.165) is 11.3 Å². The van der Waals surface area contributed by atoms with E-state index in [-0.39, 0.29) is 5.41 Å². The maximum atomic E-state index is 5.79. The van der Waals surface area contributed by atoms with Crippen molar-refractivity contribution in [2.24, 2.45) is 0 Å². The Morgan fingerprint density at radius 3 is 2.62 bits per heavy atom. The molecule has 0 aliphatic carbocycles. The number of methoxy groups -OCH3 is 1. The average Bonchev–Trinajstić information content (AvgIpc) is 2.89. The SMILES string of the molecule is COc1cc(-c2nc3ncccc3o2)cc(C(C)(C)C)c1. The van der Waals surface area contributed by atoms with Gasteiger partial charge in [0.2, 0.25) is 5.89 Å². The lowest BCUT2D eigenvalue weighted by atomic mass is 9.86. The predicted octanol–water partition coefficient (Wildman–Crippen LogP) is 4.20. The van der Waals surface area contributed by atoms with Crippen molar-refractivity contribution in [2.45, 2.75) is 26.2 Å². The van der Waals surface area contributed by atoms with Crippen LogP contribution >= 0.6 is 0 Å². The van der Waals surface area contributed by atoms with Gasteiger partial charge < -0.3 is 9.15 Å². The summed E-state index contributed by atoms with van der Waals surface area (Å²) in [6.45, 7) is 6.50. The molecule has 108 valence electrons. The summed E-state index contributed by atoms with van der Waals surface area (Å²) in [5.41, 5.74) is 3.40. The lowest BCUT2D eigenvalue weighted by Gasteiger charge is -2.20. The Bertz CT molecular complexity index is 752. The Morgan fingerprint density at radius 1 is 1.14 bits per heavy atom. The first-order valence-electron chi connectivity index (χ1n) is 6.89. The molecule has 1 aromatic carbocycles. The van der Waals surface area contributed by atoms with E-state index < -0.39 is 0 Å². The fraction of sp³-hybridized carbons (Fsp3) is 0.294. The molecular weight excluding hydrogens is 264 g/mol. The molecule has 0 radical (unpaired) electrons. The van der Waals surface area contributed by atoms with E-state index in [1.807, 2.05) is 24.3 Å². The second-order valence-electron chi connectivity index (χ2n) is 6.04. The third-order valence-electron chi connectivity index (χ3n) is 3.42. The molecule has 0 amide bonds. The molecule has 0 saturated carbocycles. The summed E-state index contributed by atoms with van der Waals surface area (Å²) in [4.78, 5) is 8.65. The Labute approximate surface area is 123 Å². The summed E-state index contributed by atoms with van der Waals surface area (Å²) < 4.78 is 11.2. The summed E-state index contributed by atoms with van der Waals surface area (Å²) in [7, 11) is 1.67. The Morgan fingerprint density at radius 2 is 1.95 bits per heavy atom. The first-order chi connectivity index (χ1) is 9.97. The van der Waals surface area contributed by atoms with Crippen LogP contribution in [0.4, 0.5) is 0 Å². The van der Waals surface area contributed by atoms with Crippen molar-refractivity contribution in [3.8, 4) is 17.2 Å². The predicted molar refractivity (Wildman–Crippen MR) is 82.5 cm³/mol. The first kappa shape index (κ1) is 13.6. The smallest absolute Gasteiger partial charge is 0.229 e. The largest absolute Gasteiger partial charge is 0.497 e. The molecule has 21 heavy (non-hydrogen) atoms. The van der Waals surface area contributed by atoms with Crippen LogP contribution in [0.5, 0.6) is 5.75 Å². The molecular formula is C17H18N2O2. The minimum absolute atomic E-state index is 0.0214. The van der Waals surface area contributed by atoms with Gasteiger partial charge in [-0.25, -0.2) is 4.98 Å². The fourth-order valence-corrected chi connectivity index (χ4v) is 2.17. The van der Waals surface area contributed by atoms with Crippen molar-refractivity contribution in [3.05, 3.63) is 42.1 Å². The highest BCUT2D eigenvalue weighted by molar-refractivity contribution is 5.72. The number of oxazole rings is 1. The number of nitrogens with zero attached hydrogens (tertiary/aromatic N) is 2. The normalized spacial score (nSPS) is 11.8. The van der Waals surface area contributed by atoms with Gasteiger partial charge in [-0.2, -0.15) is 4.98 Å². The quantitative estimate of drug-likeness (QED) is 0.707. The third kappa shape index (κ3) is 2.61. The third-order valence-corrected chi connectivity index (χ3v) is 3.42. The van der Waals surface area contributed by atoms with Gasteiger partial charge in [0.25, 0.3) is 0 Å². The van der Waals surface area contributed by atoms with Crippen molar-refractivity contribution < 1.29 is 9.15 Å². The molecule has 0 atom stereocenters. The standard InChI is InChI=1S/C17H18N2O2/c1-17(2,3)12-8-11(9-13(10-12)20-4)16-19-15-14(21-16)6-5-7-18-15/h5-10H,1-4H3. The van der Waals surface area contributed by atoms with E-state index >= 15 is 0 Å². The number of pyridine rings is 1. The molecule has 3 aromatic rings. The zero-order valence-electron chi connectivity index (χ0n) is 12.7. The number of benzene rings is 1. The summed E-state index contributed by atoms with van der Waals surface area (Å²) in [5, 5.41) is 0. The van der Waals surface area contributed by atoms with Gasteiger partial charge in [0, 0.05) is 11.8 Å². The van der Waals surface area contributed by atoms with Crippen molar-refractivity contribution in [1.29, 1.82) is 0 Å². The number of ether oxygens (including phenoxy) is 1. The molecule has 4 nitrogen and oxygen atoms in total. The number of fused-ring (bicyclic) bond motifs is 1. The first-order valence-corrected chi connectivity index (χ1v) is 6.89. The molecule has 0 aliphatic rings. The van der Waals surface area contributed by atoms with Crippen molar-refractivity contribution in [1.82, 2.24) is 9.97 Å². The molecule has 0 saturated heterocycles. The molecule has 0 aliphatic heterocycles. The molecule has 4 heteroatoms. The molecule has 3 rings (SSSR count). The average molecular weight is 282 g/mol. The van der Waals surface area contributed by atoms with Gasteiger partial charge in [-0.3, -0.25) is 0 Å². The lowest BCUT2D eigenvalue weighted by Crippen LogP contribution is -2.11. The highest BCUT2D eigenvalue weighted by Gasteiger charge is 2.18. The van der Waals surface area contributed by atoms with Crippen LogP contribution in [0, 0.1) is 0 Å². The van der Waals surface area contributed by atoms with E-state index in [0.29, 0.717) is 17.1 Å². The fourth-order valence-electron chi connectivity index (χ4n) is 2.17. The van der Waals surface area contributed by atoms with Crippen LogP contribution in [0.3, 0.4) is 0 Å². The van der Waals surface area contributed by atoms with E-state index in [1.165, 1.54) is 5.56 Å². The highest BCUT2D eigenvalue weighted by atomic mass is 16.5. The van der Waals surface area contributed by atoms with Gasteiger partial charge in [-0.05, 0) is 41.3 Å². The number of hydrogen-bond acceptors (Lipinski definition) is 4. The van der Waals surface area contributed by atoms with Gasteiger partial charge in [0.15, 0.2) is 11.2 Å². The minimum Gasteiger partial charge on any atom is -0.497 e. The second kappa shape index (κ2) is 4.88. The molecule has 0 spiro atoms. The lowest BCUT2D eigenvalue weighted by molar-refractivity contribution is 0.412. The van der Waals surface area contributed by atoms with Crippen LogP contribution in [0.1, 0.15) is 26.3 Å². The Hall–Kier alpha value is -2.36. The van der Waals surface area contributed by atoms with Gasteiger partial charge in [-0.15, -0.1) is 0 Å². The van der Waals surface area contributed by atoms with Crippen LogP contribution in [0.25, 0.3) is 22.7 Å². The van der Waals surface area contributed by atoms with Crippen LogP contribution in [-0.4, -0.2) is 17.1 Å². The van der Waals surface area contributed by atoms with Gasteiger partial charge in [-0.1, -0.05) is 20.8 Å². The summed E-state index contributed by atoms with van der Waals surface area (Å²) >= 11 is 0. The monoisotopic (exact) mass is 282 g/mol. The molecule has 0 unspecified atom stereocenters. The molecule has 0 N–H and O–H groups in total. The zero-order chi connectivity index (χ0) is 15.0. The van der Waals surface area contributed by atoms with Crippen molar-refractivity contribution in [2.75, 3.05) is 7.11 Å². The maximum absolute atomic E-state index is 5.79. The van der Waals surface area contributed by atoms with Crippen molar-refractivity contribution in [3.63, 3.8) is 0 Å². The maximum Gasteiger partial charge on any atom is 0.229 e.